The molecule has 1 saturated heterocycles. The summed E-state index contributed by atoms with van der Waals surface area (Å²) in [6, 6.07) is 3.95. The number of pyridine rings is 1. The first kappa shape index (κ1) is 11.2. The second kappa shape index (κ2) is 5.73. The first-order valence-electron chi connectivity index (χ1n) is 5.15. The smallest absolute Gasteiger partial charge is 0.133 e. The van der Waals surface area contributed by atoms with Crippen LogP contribution in [-0.4, -0.2) is 23.4 Å². The predicted octanol–water partition coefficient (Wildman–Crippen LogP) is 3.15. The Morgan fingerprint density at radius 2 is 2.53 bits per heavy atom. The number of nitrogens with zero attached hydrogens (tertiary/aromatic N) is 1. The van der Waals surface area contributed by atoms with Gasteiger partial charge in [-0.25, -0.2) is 4.98 Å². The van der Waals surface area contributed by atoms with Gasteiger partial charge in [0.15, 0.2) is 0 Å². The molecule has 4 heteroatoms. The van der Waals surface area contributed by atoms with E-state index in [1.165, 1.54) is 12.8 Å². The molecule has 1 aliphatic heterocycles. The summed E-state index contributed by atoms with van der Waals surface area (Å²) in [7, 11) is 0. The summed E-state index contributed by atoms with van der Waals surface area (Å²) in [6.07, 6.45) is 4.58. The third-order valence-electron chi connectivity index (χ3n) is 2.42. The summed E-state index contributed by atoms with van der Waals surface area (Å²) < 4.78 is 5.55. The van der Waals surface area contributed by atoms with E-state index in [1.54, 1.807) is 6.20 Å². The monoisotopic (exact) mass is 243 g/mol. The van der Waals surface area contributed by atoms with Gasteiger partial charge in [0.25, 0.3) is 0 Å². The molecule has 82 valence electrons. The third-order valence-corrected chi connectivity index (χ3v) is 3.88. The van der Waals surface area contributed by atoms with Crippen molar-refractivity contribution in [3.8, 4) is 0 Å². The minimum Gasteiger partial charge on any atom is -0.377 e. The summed E-state index contributed by atoms with van der Waals surface area (Å²) in [6.45, 7) is 0.929. The molecule has 1 aromatic heterocycles. The van der Waals surface area contributed by atoms with Crippen LogP contribution in [-0.2, 0) is 10.5 Å². The van der Waals surface area contributed by atoms with E-state index >= 15 is 0 Å². The molecule has 1 atom stereocenters. The molecule has 1 aliphatic rings. The summed E-state index contributed by atoms with van der Waals surface area (Å²) >= 11 is 7.83. The number of hydrogen-bond acceptors (Lipinski definition) is 3. The maximum atomic E-state index is 5.96. The minimum atomic E-state index is 0.449. The van der Waals surface area contributed by atoms with Crippen molar-refractivity contribution in [3.05, 3.63) is 29.0 Å². The van der Waals surface area contributed by atoms with Gasteiger partial charge in [-0.15, -0.1) is 0 Å². The standard InChI is InChI=1S/C11H14ClNOS/c12-11-9(3-1-5-13-11)7-15-8-10-4-2-6-14-10/h1,3,5,10H,2,4,6-8H2. The van der Waals surface area contributed by atoms with E-state index in [9.17, 15) is 0 Å². The van der Waals surface area contributed by atoms with E-state index in [0.29, 0.717) is 11.3 Å². The average molecular weight is 244 g/mol. The molecule has 1 unspecified atom stereocenters. The Kier molecular flexibility index (Phi) is 4.29. The second-order valence-corrected chi connectivity index (χ2v) is 4.99. The molecule has 2 rings (SSSR count). The fourth-order valence-electron chi connectivity index (χ4n) is 1.60. The summed E-state index contributed by atoms with van der Waals surface area (Å²) in [5, 5.41) is 0.623. The van der Waals surface area contributed by atoms with Crippen LogP contribution < -0.4 is 0 Å². The fourth-order valence-corrected chi connectivity index (χ4v) is 2.96. The molecule has 0 radical (unpaired) electrons. The zero-order valence-electron chi connectivity index (χ0n) is 8.49. The van der Waals surface area contributed by atoms with Crippen LogP contribution in [0.2, 0.25) is 5.15 Å². The predicted molar refractivity (Wildman–Crippen MR) is 64.4 cm³/mol. The summed E-state index contributed by atoms with van der Waals surface area (Å²) in [5.74, 6) is 1.98. The van der Waals surface area contributed by atoms with Crippen molar-refractivity contribution in [2.75, 3.05) is 12.4 Å². The molecular weight excluding hydrogens is 230 g/mol. The van der Waals surface area contributed by atoms with Gasteiger partial charge < -0.3 is 4.74 Å². The maximum Gasteiger partial charge on any atom is 0.133 e. The van der Waals surface area contributed by atoms with Crippen LogP contribution in [0.15, 0.2) is 18.3 Å². The van der Waals surface area contributed by atoms with Crippen LogP contribution in [0.4, 0.5) is 0 Å². The largest absolute Gasteiger partial charge is 0.377 e. The highest BCUT2D eigenvalue weighted by Crippen LogP contribution is 2.22. The van der Waals surface area contributed by atoms with E-state index in [0.717, 1.165) is 23.7 Å². The highest BCUT2D eigenvalue weighted by molar-refractivity contribution is 7.98. The Balaban J connectivity index is 1.75. The van der Waals surface area contributed by atoms with Gasteiger partial charge in [-0.3, -0.25) is 0 Å². The fraction of sp³-hybridized carbons (Fsp3) is 0.545. The van der Waals surface area contributed by atoms with Gasteiger partial charge in [0.2, 0.25) is 0 Å². The van der Waals surface area contributed by atoms with E-state index in [1.807, 2.05) is 23.9 Å². The van der Waals surface area contributed by atoms with Crippen LogP contribution in [0.3, 0.4) is 0 Å². The lowest BCUT2D eigenvalue weighted by molar-refractivity contribution is 0.129. The number of rotatable bonds is 4. The quantitative estimate of drug-likeness (QED) is 0.759. The van der Waals surface area contributed by atoms with Crippen molar-refractivity contribution < 1.29 is 4.74 Å². The lowest BCUT2D eigenvalue weighted by Crippen LogP contribution is -2.08. The summed E-state index contributed by atoms with van der Waals surface area (Å²) in [4.78, 5) is 4.05. The van der Waals surface area contributed by atoms with Crippen LogP contribution in [0.25, 0.3) is 0 Å². The van der Waals surface area contributed by atoms with Crippen molar-refractivity contribution in [3.63, 3.8) is 0 Å². The average Bonchev–Trinajstić information content (AvgIpc) is 2.74. The molecule has 15 heavy (non-hydrogen) atoms. The Hall–Kier alpha value is -0.250. The molecule has 0 saturated carbocycles. The Labute approximate surface area is 99.4 Å². The molecule has 0 aromatic carbocycles. The van der Waals surface area contributed by atoms with Crippen molar-refractivity contribution in [2.24, 2.45) is 0 Å². The van der Waals surface area contributed by atoms with Crippen molar-refractivity contribution in [2.45, 2.75) is 24.7 Å². The van der Waals surface area contributed by atoms with Gasteiger partial charge in [0.05, 0.1) is 6.10 Å². The third kappa shape index (κ3) is 3.37. The van der Waals surface area contributed by atoms with Crippen LogP contribution in [0, 0.1) is 0 Å². The van der Waals surface area contributed by atoms with Crippen molar-refractivity contribution >= 4 is 23.4 Å². The molecule has 2 nitrogen and oxygen atoms in total. The zero-order valence-corrected chi connectivity index (χ0v) is 10.1. The van der Waals surface area contributed by atoms with Crippen molar-refractivity contribution in [1.29, 1.82) is 0 Å². The van der Waals surface area contributed by atoms with Crippen LogP contribution in [0.5, 0.6) is 0 Å². The second-order valence-electron chi connectivity index (χ2n) is 3.60. The van der Waals surface area contributed by atoms with E-state index in [-0.39, 0.29) is 0 Å². The van der Waals surface area contributed by atoms with Gasteiger partial charge in [-0.1, -0.05) is 17.7 Å². The van der Waals surface area contributed by atoms with E-state index in [4.69, 9.17) is 16.3 Å². The van der Waals surface area contributed by atoms with E-state index < -0.39 is 0 Å². The van der Waals surface area contributed by atoms with Gasteiger partial charge in [-0.05, 0) is 24.5 Å². The zero-order chi connectivity index (χ0) is 10.5. The SMILES string of the molecule is Clc1ncccc1CSCC1CCCO1. The van der Waals surface area contributed by atoms with Crippen LogP contribution in [0.1, 0.15) is 18.4 Å². The number of hydrogen-bond donors (Lipinski definition) is 0. The first-order chi connectivity index (χ1) is 7.36. The molecule has 0 N–H and O–H groups in total. The molecule has 1 aromatic rings. The van der Waals surface area contributed by atoms with Gasteiger partial charge in [0.1, 0.15) is 5.15 Å². The number of halogens is 1. The van der Waals surface area contributed by atoms with Crippen molar-refractivity contribution in [1.82, 2.24) is 4.98 Å². The minimum absolute atomic E-state index is 0.449. The van der Waals surface area contributed by atoms with Gasteiger partial charge in [0, 0.05) is 24.3 Å². The Bertz CT molecular complexity index is 315. The molecule has 1 fully saturated rings. The topological polar surface area (TPSA) is 22.1 Å². The lowest BCUT2D eigenvalue weighted by atomic mass is 10.3. The number of ether oxygens (including phenoxy) is 1. The highest BCUT2D eigenvalue weighted by atomic mass is 35.5. The molecule has 0 aliphatic carbocycles. The number of thioether (sulfide) groups is 1. The molecule has 2 heterocycles. The molecule has 0 amide bonds. The normalized spacial score (nSPS) is 20.7. The highest BCUT2D eigenvalue weighted by Gasteiger charge is 2.15. The Morgan fingerprint density at radius 3 is 3.27 bits per heavy atom. The molecule has 0 bridgehead atoms. The maximum absolute atomic E-state index is 5.96. The Morgan fingerprint density at radius 1 is 1.60 bits per heavy atom. The molecule has 0 spiro atoms. The van der Waals surface area contributed by atoms with Crippen LogP contribution >= 0.6 is 23.4 Å². The van der Waals surface area contributed by atoms with Gasteiger partial charge >= 0.3 is 0 Å². The van der Waals surface area contributed by atoms with E-state index in [2.05, 4.69) is 4.98 Å². The van der Waals surface area contributed by atoms with Gasteiger partial charge in [-0.2, -0.15) is 11.8 Å². The lowest BCUT2D eigenvalue weighted by Gasteiger charge is -2.08. The number of aromatic nitrogens is 1. The molecular formula is C11H14ClNOS. The summed E-state index contributed by atoms with van der Waals surface area (Å²) in [5.41, 5.74) is 1.11. The first-order valence-corrected chi connectivity index (χ1v) is 6.68.